The molecule has 0 unspecified atom stereocenters. The number of carbonyl (C=O) groups is 1. The van der Waals surface area contributed by atoms with Crippen molar-refractivity contribution in [2.45, 2.75) is 13.5 Å². The molecular formula is C16H16O3. The van der Waals surface area contributed by atoms with Crippen molar-refractivity contribution in [3.05, 3.63) is 59.7 Å². The van der Waals surface area contributed by atoms with Gasteiger partial charge in [-0.05, 0) is 25.1 Å². The molecule has 3 heteroatoms. The third kappa shape index (κ3) is 3.13. The van der Waals surface area contributed by atoms with E-state index < -0.39 is 0 Å². The molecule has 0 spiro atoms. The van der Waals surface area contributed by atoms with Crippen LogP contribution in [-0.2, 0) is 6.61 Å². The van der Waals surface area contributed by atoms with E-state index >= 15 is 0 Å². The van der Waals surface area contributed by atoms with Gasteiger partial charge in [0.15, 0.2) is 5.78 Å². The van der Waals surface area contributed by atoms with Crippen LogP contribution >= 0.6 is 0 Å². The third-order valence-corrected chi connectivity index (χ3v) is 2.84. The molecule has 0 fully saturated rings. The molecule has 3 nitrogen and oxygen atoms in total. The standard InChI is InChI=1S/C16H16O3/c1-12(17)14-8-4-6-10-16(14)19-11-13-7-3-5-9-15(13)18-2/h3-10H,11H2,1-2H3. The van der Waals surface area contributed by atoms with Crippen LogP contribution in [0.15, 0.2) is 48.5 Å². The third-order valence-electron chi connectivity index (χ3n) is 2.84. The van der Waals surface area contributed by atoms with Gasteiger partial charge in [0.25, 0.3) is 0 Å². The molecule has 0 radical (unpaired) electrons. The molecule has 0 aromatic heterocycles. The van der Waals surface area contributed by atoms with Gasteiger partial charge in [0.05, 0.1) is 12.7 Å². The zero-order valence-corrected chi connectivity index (χ0v) is 11.1. The average Bonchev–Trinajstić information content (AvgIpc) is 2.45. The maximum atomic E-state index is 11.5. The van der Waals surface area contributed by atoms with E-state index in [2.05, 4.69) is 0 Å². The molecule has 2 aromatic rings. The van der Waals surface area contributed by atoms with Gasteiger partial charge in [0, 0.05) is 5.56 Å². The Bertz CT molecular complexity index is 576. The minimum Gasteiger partial charge on any atom is -0.496 e. The fourth-order valence-electron chi connectivity index (χ4n) is 1.86. The van der Waals surface area contributed by atoms with E-state index in [4.69, 9.17) is 9.47 Å². The Kier molecular flexibility index (Phi) is 4.18. The van der Waals surface area contributed by atoms with Crippen LogP contribution in [0.3, 0.4) is 0 Å². The highest BCUT2D eigenvalue weighted by molar-refractivity contribution is 5.96. The summed E-state index contributed by atoms with van der Waals surface area (Å²) < 4.78 is 11.0. The van der Waals surface area contributed by atoms with E-state index in [0.29, 0.717) is 17.9 Å². The number of rotatable bonds is 5. The van der Waals surface area contributed by atoms with Crippen molar-refractivity contribution in [3.63, 3.8) is 0 Å². The molecule has 2 rings (SSSR count). The van der Waals surface area contributed by atoms with E-state index in [-0.39, 0.29) is 5.78 Å². The Labute approximate surface area is 112 Å². The first-order valence-corrected chi connectivity index (χ1v) is 6.07. The van der Waals surface area contributed by atoms with Crippen LogP contribution in [0.4, 0.5) is 0 Å². The first-order valence-electron chi connectivity index (χ1n) is 6.07. The van der Waals surface area contributed by atoms with E-state index in [9.17, 15) is 4.79 Å². The minimum atomic E-state index is -0.00405. The molecule has 2 aromatic carbocycles. The molecule has 0 aliphatic rings. The number of para-hydroxylation sites is 2. The highest BCUT2D eigenvalue weighted by atomic mass is 16.5. The number of methoxy groups -OCH3 is 1. The van der Waals surface area contributed by atoms with Crippen LogP contribution < -0.4 is 9.47 Å². The summed E-state index contributed by atoms with van der Waals surface area (Å²) in [5, 5.41) is 0. The molecule has 0 aliphatic heterocycles. The van der Waals surface area contributed by atoms with Crippen LogP contribution in [0.1, 0.15) is 22.8 Å². The Balaban J connectivity index is 2.17. The number of benzene rings is 2. The highest BCUT2D eigenvalue weighted by Crippen LogP contribution is 2.23. The molecule has 0 atom stereocenters. The van der Waals surface area contributed by atoms with E-state index in [1.54, 1.807) is 19.2 Å². The number of ether oxygens (including phenoxy) is 2. The fraction of sp³-hybridized carbons (Fsp3) is 0.188. The van der Waals surface area contributed by atoms with E-state index in [1.807, 2.05) is 36.4 Å². The smallest absolute Gasteiger partial charge is 0.163 e. The van der Waals surface area contributed by atoms with E-state index in [0.717, 1.165) is 11.3 Å². The van der Waals surface area contributed by atoms with Gasteiger partial charge in [-0.25, -0.2) is 0 Å². The van der Waals surface area contributed by atoms with Gasteiger partial charge in [-0.3, -0.25) is 4.79 Å². The van der Waals surface area contributed by atoms with Crippen LogP contribution in [0, 0.1) is 0 Å². The zero-order chi connectivity index (χ0) is 13.7. The molecule has 0 saturated carbocycles. The van der Waals surface area contributed by atoms with Crippen LogP contribution in [0.5, 0.6) is 11.5 Å². The minimum absolute atomic E-state index is 0.00405. The van der Waals surface area contributed by atoms with Crippen LogP contribution in [0.2, 0.25) is 0 Å². The van der Waals surface area contributed by atoms with Crippen LogP contribution in [-0.4, -0.2) is 12.9 Å². The quantitative estimate of drug-likeness (QED) is 0.768. The van der Waals surface area contributed by atoms with Crippen molar-refractivity contribution in [1.82, 2.24) is 0 Å². The van der Waals surface area contributed by atoms with Crippen molar-refractivity contribution in [2.75, 3.05) is 7.11 Å². The van der Waals surface area contributed by atoms with Gasteiger partial charge in [0.1, 0.15) is 18.1 Å². The van der Waals surface area contributed by atoms with Gasteiger partial charge in [-0.1, -0.05) is 30.3 Å². The molecule has 98 valence electrons. The van der Waals surface area contributed by atoms with E-state index in [1.165, 1.54) is 6.92 Å². The summed E-state index contributed by atoms with van der Waals surface area (Å²) in [6.07, 6.45) is 0. The number of carbonyl (C=O) groups excluding carboxylic acids is 1. The first kappa shape index (κ1) is 13.1. The largest absolute Gasteiger partial charge is 0.496 e. The maximum Gasteiger partial charge on any atom is 0.163 e. The lowest BCUT2D eigenvalue weighted by atomic mass is 10.1. The maximum absolute atomic E-state index is 11.5. The lowest BCUT2D eigenvalue weighted by Gasteiger charge is -2.12. The van der Waals surface area contributed by atoms with Gasteiger partial charge in [-0.2, -0.15) is 0 Å². The molecule has 0 aliphatic carbocycles. The zero-order valence-electron chi connectivity index (χ0n) is 11.1. The van der Waals surface area contributed by atoms with Crippen molar-refractivity contribution < 1.29 is 14.3 Å². The fourth-order valence-corrected chi connectivity index (χ4v) is 1.86. The van der Waals surface area contributed by atoms with Crippen molar-refractivity contribution >= 4 is 5.78 Å². The topological polar surface area (TPSA) is 35.5 Å². The number of Topliss-reactive ketones (excluding diaryl/α,β-unsaturated/α-hetero) is 1. The van der Waals surface area contributed by atoms with Gasteiger partial charge in [0.2, 0.25) is 0 Å². The average molecular weight is 256 g/mol. The Hall–Kier alpha value is -2.29. The highest BCUT2D eigenvalue weighted by Gasteiger charge is 2.08. The summed E-state index contributed by atoms with van der Waals surface area (Å²) in [5.41, 5.74) is 1.54. The van der Waals surface area contributed by atoms with Crippen molar-refractivity contribution in [1.29, 1.82) is 0 Å². The number of ketones is 1. The lowest BCUT2D eigenvalue weighted by Crippen LogP contribution is -2.02. The molecular weight excluding hydrogens is 240 g/mol. The Morgan fingerprint density at radius 1 is 1.00 bits per heavy atom. The molecule has 0 N–H and O–H groups in total. The lowest BCUT2D eigenvalue weighted by molar-refractivity contribution is 0.101. The SMILES string of the molecule is COc1ccccc1COc1ccccc1C(C)=O. The van der Waals surface area contributed by atoms with Crippen LogP contribution in [0.25, 0.3) is 0 Å². The molecule has 0 bridgehead atoms. The van der Waals surface area contributed by atoms with Crippen molar-refractivity contribution in [3.8, 4) is 11.5 Å². The molecule has 0 saturated heterocycles. The molecule has 0 amide bonds. The summed E-state index contributed by atoms with van der Waals surface area (Å²) in [6.45, 7) is 1.90. The summed E-state index contributed by atoms with van der Waals surface area (Å²) in [6, 6.07) is 14.9. The predicted octanol–water partition coefficient (Wildman–Crippen LogP) is 3.48. The summed E-state index contributed by atoms with van der Waals surface area (Å²) in [5.74, 6) is 1.37. The second-order valence-corrected chi connectivity index (χ2v) is 4.15. The van der Waals surface area contributed by atoms with Gasteiger partial charge >= 0.3 is 0 Å². The Morgan fingerprint density at radius 3 is 2.32 bits per heavy atom. The second kappa shape index (κ2) is 6.05. The second-order valence-electron chi connectivity index (χ2n) is 4.15. The summed E-state index contributed by atoms with van der Waals surface area (Å²) in [7, 11) is 1.63. The molecule has 19 heavy (non-hydrogen) atoms. The molecule has 0 heterocycles. The normalized spacial score (nSPS) is 10.0. The monoisotopic (exact) mass is 256 g/mol. The van der Waals surface area contributed by atoms with Gasteiger partial charge in [-0.15, -0.1) is 0 Å². The Morgan fingerprint density at radius 2 is 1.63 bits per heavy atom. The van der Waals surface area contributed by atoms with Gasteiger partial charge < -0.3 is 9.47 Å². The first-order chi connectivity index (χ1) is 9.22. The number of hydrogen-bond donors (Lipinski definition) is 0. The predicted molar refractivity (Wildman–Crippen MR) is 73.8 cm³/mol. The number of hydrogen-bond acceptors (Lipinski definition) is 3. The van der Waals surface area contributed by atoms with Crippen molar-refractivity contribution in [2.24, 2.45) is 0 Å². The summed E-state index contributed by atoms with van der Waals surface area (Å²) >= 11 is 0. The summed E-state index contributed by atoms with van der Waals surface area (Å²) in [4.78, 5) is 11.5.